The number of carbonyl (C=O) groups is 1. The lowest BCUT2D eigenvalue weighted by Gasteiger charge is -2.31. The van der Waals surface area contributed by atoms with Crippen LogP contribution in [0.1, 0.15) is 59.3 Å². The van der Waals surface area contributed by atoms with Crippen LogP contribution in [0.15, 0.2) is 0 Å². The molecule has 0 bridgehead atoms. The number of nitrogens with zero attached hydrogens (tertiary/aromatic N) is 2. The monoisotopic (exact) mass is 256 g/mol. The summed E-state index contributed by atoms with van der Waals surface area (Å²) in [5, 5.41) is 0. The number of likely N-dealkylation sites (N-methyl/N-ethyl adjacent to an activating group) is 1. The van der Waals surface area contributed by atoms with Gasteiger partial charge in [0.2, 0.25) is 5.91 Å². The molecule has 0 spiro atoms. The first-order valence-electron chi connectivity index (χ1n) is 7.47. The maximum Gasteiger partial charge on any atom is 0.222 e. The Labute approximate surface area is 114 Å². The largest absolute Gasteiger partial charge is 0.339 e. The van der Waals surface area contributed by atoms with Crippen molar-refractivity contribution in [3.63, 3.8) is 0 Å². The normalized spacial score (nSPS) is 12.8. The fourth-order valence-electron chi connectivity index (χ4n) is 2.31. The first-order valence-corrected chi connectivity index (χ1v) is 7.47. The van der Waals surface area contributed by atoms with E-state index in [0.717, 1.165) is 32.4 Å². The zero-order valence-electron chi connectivity index (χ0n) is 13.0. The van der Waals surface area contributed by atoms with Gasteiger partial charge in [-0.3, -0.25) is 4.79 Å². The third-order valence-corrected chi connectivity index (χ3v) is 3.19. The second kappa shape index (κ2) is 10.4. The summed E-state index contributed by atoms with van der Waals surface area (Å²) >= 11 is 0. The Hall–Kier alpha value is -0.570. The fourth-order valence-corrected chi connectivity index (χ4v) is 2.31. The number of carbonyl (C=O) groups excluding carboxylic acids is 1. The molecule has 0 saturated heterocycles. The summed E-state index contributed by atoms with van der Waals surface area (Å²) in [5.74, 6) is 0.335. The van der Waals surface area contributed by atoms with Gasteiger partial charge in [-0.25, -0.2) is 0 Å². The molecule has 0 radical (unpaired) electrons. The van der Waals surface area contributed by atoms with Crippen LogP contribution in [-0.4, -0.2) is 48.9 Å². The average Bonchev–Trinajstić information content (AvgIpc) is 2.30. The van der Waals surface area contributed by atoms with Crippen molar-refractivity contribution in [2.45, 2.75) is 65.3 Å². The SMILES string of the molecule is CCCCCCC(=O)N(CCC)C(C)CN(C)C. The van der Waals surface area contributed by atoms with Crippen molar-refractivity contribution in [3.05, 3.63) is 0 Å². The van der Waals surface area contributed by atoms with E-state index < -0.39 is 0 Å². The van der Waals surface area contributed by atoms with Crippen LogP contribution in [0.25, 0.3) is 0 Å². The van der Waals surface area contributed by atoms with E-state index >= 15 is 0 Å². The molecule has 1 atom stereocenters. The highest BCUT2D eigenvalue weighted by molar-refractivity contribution is 5.76. The molecule has 0 aliphatic heterocycles. The minimum atomic E-state index is 0.318. The van der Waals surface area contributed by atoms with Gasteiger partial charge in [-0.15, -0.1) is 0 Å². The second-order valence-electron chi connectivity index (χ2n) is 5.51. The predicted molar refractivity (Wildman–Crippen MR) is 78.8 cm³/mol. The Balaban J connectivity index is 4.17. The molecule has 18 heavy (non-hydrogen) atoms. The highest BCUT2D eigenvalue weighted by Crippen LogP contribution is 2.09. The molecule has 108 valence electrons. The van der Waals surface area contributed by atoms with Crippen molar-refractivity contribution >= 4 is 5.91 Å². The van der Waals surface area contributed by atoms with Crippen LogP contribution in [-0.2, 0) is 4.79 Å². The molecule has 0 aliphatic rings. The maximum atomic E-state index is 12.2. The summed E-state index contributed by atoms with van der Waals surface area (Å²) in [6, 6.07) is 0.318. The highest BCUT2D eigenvalue weighted by Gasteiger charge is 2.19. The van der Waals surface area contributed by atoms with Crippen molar-refractivity contribution < 1.29 is 4.79 Å². The van der Waals surface area contributed by atoms with Crippen molar-refractivity contribution in [1.29, 1.82) is 0 Å². The lowest BCUT2D eigenvalue weighted by Crippen LogP contribution is -2.44. The summed E-state index contributed by atoms with van der Waals surface area (Å²) < 4.78 is 0. The van der Waals surface area contributed by atoms with Crippen LogP contribution < -0.4 is 0 Å². The zero-order valence-corrected chi connectivity index (χ0v) is 13.0. The van der Waals surface area contributed by atoms with Gasteiger partial charge in [0.25, 0.3) is 0 Å². The predicted octanol–water partition coefficient (Wildman–Crippen LogP) is 3.15. The molecule has 0 heterocycles. The molecule has 3 nitrogen and oxygen atoms in total. The van der Waals surface area contributed by atoms with Gasteiger partial charge in [0.15, 0.2) is 0 Å². The Morgan fingerprint density at radius 2 is 1.72 bits per heavy atom. The van der Waals surface area contributed by atoms with E-state index in [0.29, 0.717) is 11.9 Å². The van der Waals surface area contributed by atoms with Crippen LogP contribution in [0.5, 0.6) is 0 Å². The van der Waals surface area contributed by atoms with Gasteiger partial charge < -0.3 is 9.80 Å². The van der Waals surface area contributed by atoms with Gasteiger partial charge in [-0.1, -0.05) is 33.1 Å². The number of rotatable bonds is 10. The van der Waals surface area contributed by atoms with E-state index in [2.05, 4.69) is 44.7 Å². The van der Waals surface area contributed by atoms with E-state index in [-0.39, 0.29) is 0 Å². The first-order chi connectivity index (χ1) is 8.52. The molecule has 0 N–H and O–H groups in total. The Morgan fingerprint density at radius 1 is 1.06 bits per heavy atom. The van der Waals surface area contributed by atoms with Crippen LogP contribution in [0.2, 0.25) is 0 Å². The molecule has 0 fully saturated rings. The van der Waals surface area contributed by atoms with Crippen LogP contribution in [0, 0.1) is 0 Å². The zero-order chi connectivity index (χ0) is 14.0. The smallest absolute Gasteiger partial charge is 0.222 e. The van der Waals surface area contributed by atoms with Gasteiger partial charge in [0, 0.05) is 25.6 Å². The highest BCUT2D eigenvalue weighted by atomic mass is 16.2. The van der Waals surface area contributed by atoms with E-state index in [1.807, 2.05) is 0 Å². The average molecular weight is 256 g/mol. The number of amides is 1. The molecule has 0 aliphatic carbocycles. The molecular weight excluding hydrogens is 224 g/mol. The molecule has 1 unspecified atom stereocenters. The molecule has 0 aromatic heterocycles. The van der Waals surface area contributed by atoms with Gasteiger partial charge in [-0.2, -0.15) is 0 Å². The molecule has 1 amide bonds. The third-order valence-electron chi connectivity index (χ3n) is 3.19. The quantitative estimate of drug-likeness (QED) is 0.561. The molecule has 0 aromatic rings. The van der Waals surface area contributed by atoms with Gasteiger partial charge >= 0.3 is 0 Å². The molecular formula is C15H32N2O. The maximum absolute atomic E-state index is 12.2. The van der Waals surface area contributed by atoms with Crippen molar-refractivity contribution in [2.75, 3.05) is 27.2 Å². The lowest BCUT2D eigenvalue weighted by atomic mass is 10.1. The Morgan fingerprint density at radius 3 is 2.22 bits per heavy atom. The number of hydrogen-bond donors (Lipinski definition) is 0. The lowest BCUT2D eigenvalue weighted by molar-refractivity contribution is -0.133. The third kappa shape index (κ3) is 7.70. The minimum Gasteiger partial charge on any atom is -0.339 e. The van der Waals surface area contributed by atoms with E-state index in [9.17, 15) is 4.79 Å². The van der Waals surface area contributed by atoms with Gasteiger partial charge in [-0.05, 0) is 33.9 Å². The van der Waals surface area contributed by atoms with Crippen LogP contribution in [0.4, 0.5) is 0 Å². The summed E-state index contributed by atoms with van der Waals surface area (Å²) in [7, 11) is 4.12. The Kier molecular flexibility index (Phi) is 10.0. The van der Waals surface area contributed by atoms with E-state index in [4.69, 9.17) is 0 Å². The molecule has 3 heteroatoms. The standard InChI is InChI=1S/C15H32N2O/c1-6-8-9-10-11-15(18)17(12-7-2)14(3)13-16(4)5/h14H,6-13H2,1-5H3. The van der Waals surface area contributed by atoms with Crippen molar-refractivity contribution in [1.82, 2.24) is 9.80 Å². The molecule has 0 saturated carbocycles. The van der Waals surface area contributed by atoms with Crippen molar-refractivity contribution in [2.24, 2.45) is 0 Å². The molecule has 0 aromatic carbocycles. The van der Waals surface area contributed by atoms with Crippen LogP contribution in [0.3, 0.4) is 0 Å². The number of unbranched alkanes of at least 4 members (excludes halogenated alkanes) is 3. The molecule has 0 rings (SSSR count). The van der Waals surface area contributed by atoms with Crippen molar-refractivity contribution in [3.8, 4) is 0 Å². The summed E-state index contributed by atoms with van der Waals surface area (Å²) in [6.07, 6.45) is 6.46. The first kappa shape index (κ1) is 17.4. The second-order valence-corrected chi connectivity index (χ2v) is 5.51. The minimum absolute atomic E-state index is 0.318. The summed E-state index contributed by atoms with van der Waals surface area (Å²) in [6.45, 7) is 8.33. The van der Waals surface area contributed by atoms with E-state index in [1.54, 1.807) is 0 Å². The topological polar surface area (TPSA) is 23.6 Å². The van der Waals surface area contributed by atoms with Crippen LogP contribution >= 0.6 is 0 Å². The fraction of sp³-hybridized carbons (Fsp3) is 0.933. The Bertz CT molecular complexity index is 217. The number of hydrogen-bond acceptors (Lipinski definition) is 2. The van der Waals surface area contributed by atoms with E-state index in [1.165, 1.54) is 19.3 Å². The van der Waals surface area contributed by atoms with Gasteiger partial charge in [0.1, 0.15) is 0 Å². The summed E-state index contributed by atoms with van der Waals surface area (Å²) in [5.41, 5.74) is 0. The van der Waals surface area contributed by atoms with Gasteiger partial charge in [0.05, 0.1) is 0 Å². The summed E-state index contributed by atoms with van der Waals surface area (Å²) in [4.78, 5) is 16.4.